The molecule has 0 aromatic carbocycles. The second-order valence-corrected chi connectivity index (χ2v) is 3.30. The van der Waals surface area contributed by atoms with Crippen molar-refractivity contribution in [2.45, 2.75) is 6.92 Å². The van der Waals surface area contributed by atoms with Crippen LogP contribution in [-0.2, 0) is 4.52 Å². The number of hydrogen-bond acceptors (Lipinski definition) is 2. The van der Waals surface area contributed by atoms with Gasteiger partial charge < -0.3 is 9.93 Å². The average molecular weight is 119 g/mol. The second-order valence-electron chi connectivity index (χ2n) is 1.27. The van der Waals surface area contributed by atoms with Crippen LogP contribution in [0.4, 0.5) is 0 Å². The standard InChI is InChI=1S/C4H10NOP/c1-4(5)7(3)6-2/h5H,1-3H3. The van der Waals surface area contributed by atoms with Gasteiger partial charge in [0.1, 0.15) is 0 Å². The summed E-state index contributed by atoms with van der Waals surface area (Å²) in [5.74, 6) is 0. The number of hydrogen-bond donors (Lipinski definition) is 1. The molecule has 3 heteroatoms. The Morgan fingerprint density at radius 2 is 2.14 bits per heavy atom. The van der Waals surface area contributed by atoms with Crippen LogP contribution in [0.25, 0.3) is 0 Å². The van der Waals surface area contributed by atoms with Crippen LogP contribution in [0.2, 0.25) is 0 Å². The van der Waals surface area contributed by atoms with Crippen molar-refractivity contribution in [1.82, 2.24) is 0 Å². The summed E-state index contributed by atoms with van der Waals surface area (Å²) in [5, 5.41) is 7.00. The molecule has 0 aromatic heterocycles. The van der Waals surface area contributed by atoms with Gasteiger partial charge in [0.25, 0.3) is 0 Å². The molecule has 0 aliphatic carbocycles. The van der Waals surface area contributed by atoms with Gasteiger partial charge in [0, 0.05) is 7.11 Å². The lowest BCUT2D eigenvalue weighted by atomic mass is 10.9. The van der Waals surface area contributed by atoms with E-state index in [1.54, 1.807) is 14.0 Å². The van der Waals surface area contributed by atoms with E-state index in [4.69, 9.17) is 9.93 Å². The first-order valence-corrected chi connectivity index (χ1v) is 3.72. The van der Waals surface area contributed by atoms with E-state index >= 15 is 0 Å². The maximum absolute atomic E-state index is 7.00. The second kappa shape index (κ2) is 3.11. The van der Waals surface area contributed by atoms with Gasteiger partial charge in [-0.1, -0.05) is 0 Å². The smallest absolute Gasteiger partial charge is 0.0703 e. The van der Waals surface area contributed by atoms with E-state index in [1.807, 2.05) is 6.66 Å². The van der Waals surface area contributed by atoms with Gasteiger partial charge in [0.2, 0.25) is 0 Å². The van der Waals surface area contributed by atoms with Crippen molar-refractivity contribution in [3.05, 3.63) is 0 Å². The minimum Gasteiger partial charge on any atom is -0.357 e. The summed E-state index contributed by atoms with van der Waals surface area (Å²) in [6.45, 7) is 3.67. The topological polar surface area (TPSA) is 33.1 Å². The Morgan fingerprint density at radius 1 is 1.71 bits per heavy atom. The molecule has 1 unspecified atom stereocenters. The van der Waals surface area contributed by atoms with Crippen molar-refractivity contribution in [3.8, 4) is 0 Å². The molecule has 7 heavy (non-hydrogen) atoms. The fraction of sp³-hybridized carbons (Fsp3) is 0.750. The highest BCUT2D eigenvalue weighted by molar-refractivity contribution is 7.69. The summed E-state index contributed by atoms with van der Waals surface area (Å²) >= 11 is 0. The Balaban J connectivity index is 3.34. The molecule has 0 aromatic rings. The van der Waals surface area contributed by atoms with Crippen molar-refractivity contribution in [2.75, 3.05) is 13.8 Å². The van der Waals surface area contributed by atoms with Gasteiger partial charge in [-0.05, 0) is 13.6 Å². The molecule has 0 spiro atoms. The molecular formula is C4H10NOP. The highest BCUT2D eigenvalue weighted by atomic mass is 31.1. The molecule has 0 bridgehead atoms. The lowest BCUT2D eigenvalue weighted by Gasteiger charge is -2.03. The monoisotopic (exact) mass is 119 g/mol. The van der Waals surface area contributed by atoms with Gasteiger partial charge in [-0.25, -0.2) is 0 Å². The van der Waals surface area contributed by atoms with Crippen LogP contribution in [0.1, 0.15) is 6.92 Å². The zero-order valence-corrected chi connectivity index (χ0v) is 5.75. The lowest BCUT2D eigenvalue weighted by molar-refractivity contribution is 0.472. The third-order valence-corrected chi connectivity index (χ3v) is 2.24. The summed E-state index contributed by atoms with van der Waals surface area (Å²) in [6.07, 6.45) is 0. The molecule has 0 aliphatic rings. The molecule has 0 amide bonds. The normalized spacial score (nSPS) is 13.6. The summed E-state index contributed by atoms with van der Waals surface area (Å²) in [6, 6.07) is 0. The minimum absolute atomic E-state index is 0.554. The molecule has 0 saturated heterocycles. The maximum atomic E-state index is 7.00. The van der Waals surface area contributed by atoms with E-state index in [1.165, 1.54) is 0 Å². The lowest BCUT2D eigenvalue weighted by Crippen LogP contribution is -1.84. The average Bonchev–Trinajstić information content (AvgIpc) is 1.65. The van der Waals surface area contributed by atoms with E-state index in [-0.39, 0.29) is 0 Å². The molecule has 2 nitrogen and oxygen atoms in total. The Kier molecular flexibility index (Phi) is 3.14. The van der Waals surface area contributed by atoms with Crippen molar-refractivity contribution in [3.63, 3.8) is 0 Å². The first-order chi connectivity index (χ1) is 3.18. The summed E-state index contributed by atoms with van der Waals surface area (Å²) in [5.41, 5.74) is 0.637. The minimum atomic E-state index is -0.554. The molecule has 0 fully saturated rings. The van der Waals surface area contributed by atoms with Gasteiger partial charge in [0.05, 0.1) is 13.6 Å². The van der Waals surface area contributed by atoms with E-state index in [9.17, 15) is 0 Å². The first-order valence-electron chi connectivity index (χ1n) is 2.01. The van der Waals surface area contributed by atoms with E-state index < -0.39 is 8.15 Å². The van der Waals surface area contributed by atoms with E-state index in [0.717, 1.165) is 0 Å². The molecule has 42 valence electrons. The fourth-order valence-corrected chi connectivity index (χ4v) is 0.411. The summed E-state index contributed by atoms with van der Waals surface area (Å²) in [4.78, 5) is 0. The van der Waals surface area contributed by atoms with Crippen LogP contribution in [-0.4, -0.2) is 19.2 Å². The predicted molar refractivity (Wildman–Crippen MR) is 33.3 cm³/mol. The third kappa shape index (κ3) is 2.72. The van der Waals surface area contributed by atoms with Crippen LogP contribution in [0, 0.1) is 5.41 Å². The molecule has 0 rings (SSSR count). The number of nitrogens with one attached hydrogen (secondary N) is 1. The zero-order valence-electron chi connectivity index (χ0n) is 4.86. The third-order valence-electron chi connectivity index (χ3n) is 0.746. The van der Waals surface area contributed by atoms with Crippen molar-refractivity contribution < 1.29 is 4.52 Å². The van der Waals surface area contributed by atoms with Crippen LogP contribution >= 0.6 is 8.15 Å². The van der Waals surface area contributed by atoms with Crippen LogP contribution in [0.5, 0.6) is 0 Å². The molecular weight excluding hydrogens is 109 g/mol. The largest absolute Gasteiger partial charge is 0.357 e. The quantitative estimate of drug-likeness (QED) is 0.435. The van der Waals surface area contributed by atoms with Crippen LogP contribution < -0.4 is 0 Å². The van der Waals surface area contributed by atoms with Gasteiger partial charge in [-0.15, -0.1) is 0 Å². The molecule has 1 atom stereocenters. The van der Waals surface area contributed by atoms with Gasteiger partial charge >= 0.3 is 0 Å². The number of rotatable bonds is 2. The Morgan fingerprint density at radius 3 is 2.14 bits per heavy atom. The Hall–Kier alpha value is 0.0600. The SMILES string of the molecule is COP(C)C(C)=N. The maximum Gasteiger partial charge on any atom is 0.0703 e. The van der Waals surface area contributed by atoms with Crippen LogP contribution in [0.3, 0.4) is 0 Å². The highest BCUT2D eigenvalue weighted by Gasteiger charge is 1.97. The zero-order chi connectivity index (χ0) is 5.86. The van der Waals surface area contributed by atoms with Gasteiger partial charge in [0.15, 0.2) is 0 Å². The highest BCUT2D eigenvalue weighted by Crippen LogP contribution is 2.30. The van der Waals surface area contributed by atoms with Crippen molar-refractivity contribution in [2.24, 2.45) is 0 Å². The Bertz CT molecular complexity index is 74.1. The summed E-state index contributed by atoms with van der Waals surface area (Å²) in [7, 11) is 1.07. The summed E-state index contributed by atoms with van der Waals surface area (Å²) < 4.78 is 4.85. The predicted octanol–water partition coefficient (Wildman–Crippen LogP) is 1.66. The van der Waals surface area contributed by atoms with Gasteiger partial charge in [-0.3, -0.25) is 0 Å². The van der Waals surface area contributed by atoms with Crippen molar-refractivity contribution >= 4 is 13.6 Å². The molecule has 1 N–H and O–H groups in total. The van der Waals surface area contributed by atoms with E-state index in [2.05, 4.69) is 0 Å². The molecule has 0 aliphatic heterocycles. The van der Waals surface area contributed by atoms with Crippen molar-refractivity contribution in [1.29, 1.82) is 5.41 Å². The van der Waals surface area contributed by atoms with Crippen LogP contribution in [0.15, 0.2) is 0 Å². The molecule has 0 saturated carbocycles. The molecule has 0 heterocycles. The van der Waals surface area contributed by atoms with Gasteiger partial charge in [-0.2, -0.15) is 0 Å². The Labute approximate surface area is 45.2 Å². The van der Waals surface area contributed by atoms with E-state index in [0.29, 0.717) is 5.45 Å². The first kappa shape index (κ1) is 7.06. The fourth-order valence-electron chi connectivity index (χ4n) is 0.137. The molecule has 0 radical (unpaired) electrons.